The maximum Gasteiger partial charge on any atom is 0.330 e. The number of esters is 1. The molecule has 2 aromatic rings. The topological polar surface area (TPSA) is 75.7 Å². The second kappa shape index (κ2) is 8.98. The number of rotatable bonds is 4. The van der Waals surface area contributed by atoms with Crippen molar-refractivity contribution in [3.8, 4) is 0 Å². The van der Waals surface area contributed by atoms with E-state index in [4.69, 9.17) is 4.74 Å². The molecule has 7 heteroatoms. The van der Waals surface area contributed by atoms with Crippen LogP contribution in [0.15, 0.2) is 54.6 Å². The maximum absolute atomic E-state index is 13.1. The summed E-state index contributed by atoms with van der Waals surface area (Å²) >= 11 is 1.51. The average Bonchev–Trinajstić information content (AvgIpc) is 3.41. The summed E-state index contributed by atoms with van der Waals surface area (Å²) < 4.78 is 5.58. The molecular weight excluding hydrogens is 424 g/mol. The van der Waals surface area contributed by atoms with Gasteiger partial charge in [-0.2, -0.15) is 0 Å². The molecule has 3 atom stereocenters. The Kier molecular flexibility index (Phi) is 6.29. The minimum absolute atomic E-state index is 0.00310. The molecule has 32 heavy (non-hydrogen) atoms. The standard InChI is InChI=1S/C25H28N2O4S/c1-25(2,3)18-11-9-17(10-12-18)23(29)27-15-32-14-20(27)24(30)31-21-13-19(26-22(21)28)16-7-5-4-6-8-16/h4-12,19-21H,13-15H2,1-3H3,(H,26,28). The first-order valence-corrected chi connectivity index (χ1v) is 11.9. The van der Waals surface area contributed by atoms with Gasteiger partial charge in [0.15, 0.2) is 6.10 Å². The van der Waals surface area contributed by atoms with Crippen LogP contribution in [0.25, 0.3) is 0 Å². The summed E-state index contributed by atoms with van der Waals surface area (Å²) in [6, 6.07) is 16.3. The Bertz CT molecular complexity index is 1000. The molecule has 0 radical (unpaired) electrons. The van der Waals surface area contributed by atoms with Gasteiger partial charge in [0.2, 0.25) is 0 Å². The van der Waals surface area contributed by atoms with Crippen LogP contribution in [0.3, 0.4) is 0 Å². The van der Waals surface area contributed by atoms with Crippen LogP contribution in [-0.4, -0.2) is 46.5 Å². The molecule has 4 rings (SSSR count). The van der Waals surface area contributed by atoms with Gasteiger partial charge in [-0.25, -0.2) is 4.79 Å². The molecule has 2 amide bonds. The van der Waals surface area contributed by atoms with Crippen LogP contribution < -0.4 is 5.32 Å². The second-order valence-electron chi connectivity index (χ2n) is 9.25. The van der Waals surface area contributed by atoms with Gasteiger partial charge in [-0.1, -0.05) is 63.2 Å². The lowest BCUT2D eigenvalue weighted by Gasteiger charge is -2.24. The monoisotopic (exact) mass is 452 g/mol. The number of thioether (sulfide) groups is 1. The quantitative estimate of drug-likeness (QED) is 0.717. The van der Waals surface area contributed by atoms with Crippen molar-refractivity contribution < 1.29 is 19.1 Å². The van der Waals surface area contributed by atoms with Gasteiger partial charge in [0.05, 0.1) is 11.9 Å². The summed E-state index contributed by atoms with van der Waals surface area (Å²) in [6.45, 7) is 6.36. The van der Waals surface area contributed by atoms with Gasteiger partial charge in [-0.05, 0) is 28.7 Å². The van der Waals surface area contributed by atoms with Crippen molar-refractivity contribution in [2.75, 3.05) is 11.6 Å². The predicted octanol–water partition coefficient (Wildman–Crippen LogP) is 3.67. The molecule has 168 valence electrons. The van der Waals surface area contributed by atoms with E-state index in [9.17, 15) is 14.4 Å². The van der Waals surface area contributed by atoms with Gasteiger partial charge in [-0.15, -0.1) is 11.8 Å². The molecule has 2 aliphatic rings. The average molecular weight is 453 g/mol. The summed E-state index contributed by atoms with van der Waals surface area (Å²) in [4.78, 5) is 39.9. The van der Waals surface area contributed by atoms with Crippen molar-refractivity contribution in [3.63, 3.8) is 0 Å². The van der Waals surface area contributed by atoms with Gasteiger partial charge in [-0.3, -0.25) is 9.59 Å². The third-order valence-electron chi connectivity index (χ3n) is 5.93. The number of nitrogens with one attached hydrogen (secondary N) is 1. The van der Waals surface area contributed by atoms with Crippen molar-refractivity contribution in [2.45, 2.75) is 50.8 Å². The fourth-order valence-corrected chi connectivity index (χ4v) is 5.13. The first-order chi connectivity index (χ1) is 15.2. The van der Waals surface area contributed by atoms with Crippen LogP contribution >= 0.6 is 11.8 Å². The highest BCUT2D eigenvalue weighted by atomic mass is 32.2. The molecule has 2 saturated heterocycles. The van der Waals surface area contributed by atoms with Crippen LogP contribution in [0, 0.1) is 0 Å². The molecule has 0 saturated carbocycles. The number of carbonyl (C=O) groups excluding carboxylic acids is 3. The van der Waals surface area contributed by atoms with Gasteiger partial charge >= 0.3 is 5.97 Å². The smallest absolute Gasteiger partial charge is 0.330 e. The van der Waals surface area contributed by atoms with Gasteiger partial charge in [0.25, 0.3) is 11.8 Å². The van der Waals surface area contributed by atoms with Crippen molar-refractivity contribution in [1.82, 2.24) is 10.2 Å². The van der Waals surface area contributed by atoms with Crippen molar-refractivity contribution in [3.05, 3.63) is 71.3 Å². The number of amides is 2. The largest absolute Gasteiger partial charge is 0.451 e. The van der Waals surface area contributed by atoms with Gasteiger partial charge in [0.1, 0.15) is 6.04 Å². The third kappa shape index (κ3) is 4.67. The van der Waals surface area contributed by atoms with E-state index in [-0.39, 0.29) is 23.3 Å². The van der Waals surface area contributed by atoms with Crippen LogP contribution in [-0.2, 0) is 19.7 Å². The minimum atomic E-state index is -0.846. The molecule has 6 nitrogen and oxygen atoms in total. The Morgan fingerprint density at radius 3 is 2.41 bits per heavy atom. The number of ether oxygens (including phenoxy) is 1. The molecule has 0 aromatic heterocycles. The van der Waals surface area contributed by atoms with Crippen molar-refractivity contribution in [2.24, 2.45) is 0 Å². The molecule has 2 aliphatic heterocycles. The molecule has 3 unspecified atom stereocenters. The van der Waals surface area contributed by atoms with Crippen LogP contribution in [0.1, 0.15) is 54.7 Å². The third-order valence-corrected chi connectivity index (χ3v) is 6.94. The van der Waals surface area contributed by atoms with Crippen LogP contribution in [0.4, 0.5) is 0 Å². The first-order valence-electron chi connectivity index (χ1n) is 10.8. The van der Waals surface area contributed by atoms with E-state index >= 15 is 0 Å². The SMILES string of the molecule is CC(C)(C)c1ccc(C(=O)N2CSCC2C(=O)OC2CC(c3ccccc3)NC2=O)cc1. The van der Waals surface area contributed by atoms with E-state index in [1.54, 1.807) is 4.90 Å². The zero-order valence-electron chi connectivity index (χ0n) is 18.5. The molecule has 2 fully saturated rings. The molecule has 0 spiro atoms. The Balaban J connectivity index is 1.41. The van der Waals surface area contributed by atoms with Gasteiger partial charge < -0.3 is 15.0 Å². The fourth-order valence-electron chi connectivity index (χ4n) is 3.99. The van der Waals surface area contributed by atoms with Crippen LogP contribution in [0.5, 0.6) is 0 Å². The molecule has 0 aliphatic carbocycles. The van der Waals surface area contributed by atoms with Crippen LogP contribution in [0.2, 0.25) is 0 Å². The van der Waals surface area contributed by atoms with E-state index in [2.05, 4.69) is 26.1 Å². The summed E-state index contributed by atoms with van der Waals surface area (Å²) in [6.07, 6.45) is -0.460. The zero-order chi connectivity index (χ0) is 22.9. The maximum atomic E-state index is 13.1. The Morgan fingerprint density at radius 2 is 1.75 bits per heavy atom. The highest BCUT2D eigenvalue weighted by molar-refractivity contribution is 7.99. The normalized spacial score (nSPS) is 23.2. The minimum Gasteiger partial charge on any atom is -0.451 e. The lowest BCUT2D eigenvalue weighted by Crippen LogP contribution is -2.44. The lowest BCUT2D eigenvalue weighted by molar-refractivity contribution is -0.157. The number of benzene rings is 2. The van der Waals surface area contributed by atoms with E-state index < -0.39 is 18.1 Å². The Hall–Kier alpha value is -2.80. The zero-order valence-corrected chi connectivity index (χ0v) is 19.4. The fraction of sp³-hybridized carbons (Fsp3) is 0.400. The molecular formula is C25H28N2O4S. The number of nitrogens with zero attached hydrogens (tertiary/aromatic N) is 1. The van der Waals surface area contributed by atoms with E-state index in [0.29, 0.717) is 23.6 Å². The van der Waals surface area contributed by atoms with Crippen molar-refractivity contribution in [1.29, 1.82) is 0 Å². The number of carbonyl (C=O) groups is 3. The lowest BCUT2D eigenvalue weighted by atomic mass is 9.86. The van der Waals surface area contributed by atoms with Crippen molar-refractivity contribution >= 4 is 29.5 Å². The van der Waals surface area contributed by atoms with E-state index in [1.807, 2.05) is 54.6 Å². The molecule has 2 aromatic carbocycles. The summed E-state index contributed by atoms with van der Waals surface area (Å²) in [5, 5.41) is 2.89. The summed E-state index contributed by atoms with van der Waals surface area (Å²) in [7, 11) is 0. The van der Waals surface area contributed by atoms with Gasteiger partial charge in [0, 0.05) is 17.7 Å². The second-order valence-corrected chi connectivity index (χ2v) is 10.3. The molecule has 2 heterocycles. The Labute approximate surface area is 192 Å². The predicted molar refractivity (Wildman–Crippen MR) is 124 cm³/mol. The highest BCUT2D eigenvalue weighted by Crippen LogP contribution is 2.29. The van der Waals surface area contributed by atoms with E-state index in [1.165, 1.54) is 11.8 Å². The van der Waals surface area contributed by atoms with E-state index in [0.717, 1.165) is 11.1 Å². The molecule has 0 bridgehead atoms. The summed E-state index contributed by atoms with van der Waals surface area (Å²) in [5.74, 6) is -0.142. The Morgan fingerprint density at radius 1 is 1.06 bits per heavy atom. The first kappa shape index (κ1) is 22.4. The molecule has 1 N–H and O–H groups in total. The number of hydrogen-bond acceptors (Lipinski definition) is 5. The highest BCUT2D eigenvalue weighted by Gasteiger charge is 2.41. The number of hydrogen-bond donors (Lipinski definition) is 1. The summed E-state index contributed by atoms with van der Waals surface area (Å²) in [5.41, 5.74) is 2.66.